The van der Waals surface area contributed by atoms with Crippen LogP contribution in [0, 0.1) is 5.82 Å². The van der Waals surface area contributed by atoms with Crippen molar-refractivity contribution >= 4 is 17.7 Å². The van der Waals surface area contributed by atoms with Gasteiger partial charge in [0.15, 0.2) is 0 Å². The smallest absolute Gasteiger partial charge is 0.220 e. The topological polar surface area (TPSA) is 29.1 Å². The maximum absolute atomic E-state index is 12.6. The molecule has 0 unspecified atom stereocenters. The molecule has 1 N–H and O–H groups in total. The third kappa shape index (κ3) is 4.83. The van der Waals surface area contributed by atoms with Gasteiger partial charge in [-0.25, -0.2) is 4.39 Å². The summed E-state index contributed by atoms with van der Waals surface area (Å²) in [5.41, 5.74) is 0. The molecule has 0 heterocycles. The largest absolute Gasteiger partial charge is 0.356 e. The van der Waals surface area contributed by atoms with E-state index in [9.17, 15) is 9.18 Å². The third-order valence-electron chi connectivity index (χ3n) is 1.79. The van der Waals surface area contributed by atoms with Crippen LogP contribution in [0.1, 0.15) is 13.3 Å². The Hall–Kier alpha value is -1.03. The van der Waals surface area contributed by atoms with Crippen molar-refractivity contribution in [3.63, 3.8) is 0 Å². The second-order valence-electron chi connectivity index (χ2n) is 3.01. The molecule has 1 aromatic carbocycles. The maximum Gasteiger partial charge on any atom is 0.220 e. The molecule has 0 aliphatic heterocycles. The first kappa shape index (κ1) is 12.0. The second-order valence-corrected chi connectivity index (χ2v) is 4.17. The number of amides is 1. The molecule has 2 nitrogen and oxygen atoms in total. The predicted octanol–water partition coefficient (Wildman–Crippen LogP) is 2.44. The second kappa shape index (κ2) is 6.45. The molecule has 1 aromatic rings. The van der Waals surface area contributed by atoms with Crippen LogP contribution in [0.4, 0.5) is 4.39 Å². The fourth-order valence-electron chi connectivity index (χ4n) is 1.08. The normalized spacial score (nSPS) is 10.0. The fourth-order valence-corrected chi connectivity index (χ4v) is 1.93. The van der Waals surface area contributed by atoms with Crippen molar-refractivity contribution in [2.45, 2.75) is 18.2 Å². The number of carbonyl (C=O) groups excluding carboxylic acids is 1. The number of hydrogen-bond acceptors (Lipinski definition) is 2. The zero-order valence-electron chi connectivity index (χ0n) is 8.63. The van der Waals surface area contributed by atoms with Gasteiger partial charge in [-0.05, 0) is 31.2 Å². The van der Waals surface area contributed by atoms with E-state index in [0.29, 0.717) is 13.0 Å². The van der Waals surface area contributed by atoms with Crippen molar-refractivity contribution in [1.82, 2.24) is 5.32 Å². The standard InChI is InChI=1S/C11H14FNOS/c1-2-13-11(14)7-8-15-10-5-3-9(12)4-6-10/h3-6H,2,7-8H2,1H3,(H,13,14). The number of hydrogen-bond donors (Lipinski definition) is 1. The van der Waals surface area contributed by atoms with Crippen molar-refractivity contribution in [1.29, 1.82) is 0 Å². The van der Waals surface area contributed by atoms with E-state index < -0.39 is 0 Å². The molecule has 0 saturated heterocycles. The molecule has 15 heavy (non-hydrogen) atoms. The van der Waals surface area contributed by atoms with Crippen LogP contribution in [0.3, 0.4) is 0 Å². The summed E-state index contributed by atoms with van der Waals surface area (Å²) in [6.07, 6.45) is 0.496. The van der Waals surface area contributed by atoms with Gasteiger partial charge in [-0.2, -0.15) is 0 Å². The van der Waals surface area contributed by atoms with Crippen LogP contribution >= 0.6 is 11.8 Å². The molecule has 0 spiro atoms. The number of rotatable bonds is 5. The van der Waals surface area contributed by atoms with Crippen LogP contribution in [0.25, 0.3) is 0 Å². The summed E-state index contributed by atoms with van der Waals surface area (Å²) < 4.78 is 12.6. The Kier molecular flexibility index (Phi) is 5.18. The van der Waals surface area contributed by atoms with Crippen LogP contribution < -0.4 is 5.32 Å². The van der Waals surface area contributed by atoms with Crippen LogP contribution in [-0.4, -0.2) is 18.2 Å². The Morgan fingerprint density at radius 3 is 2.67 bits per heavy atom. The summed E-state index contributed by atoms with van der Waals surface area (Å²) in [6.45, 7) is 2.56. The van der Waals surface area contributed by atoms with Crippen molar-refractivity contribution in [2.24, 2.45) is 0 Å². The zero-order valence-corrected chi connectivity index (χ0v) is 9.44. The van der Waals surface area contributed by atoms with Gasteiger partial charge < -0.3 is 5.32 Å². The molecule has 4 heteroatoms. The predicted molar refractivity (Wildman–Crippen MR) is 60.4 cm³/mol. The van der Waals surface area contributed by atoms with Crippen molar-refractivity contribution < 1.29 is 9.18 Å². The van der Waals surface area contributed by atoms with Gasteiger partial charge in [-0.1, -0.05) is 0 Å². The minimum Gasteiger partial charge on any atom is -0.356 e. The van der Waals surface area contributed by atoms with E-state index in [4.69, 9.17) is 0 Å². The summed E-state index contributed by atoms with van der Waals surface area (Å²) in [5, 5.41) is 2.73. The number of thioether (sulfide) groups is 1. The van der Waals surface area contributed by atoms with Crippen LogP contribution in [-0.2, 0) is 4.79 Å². The highest BCUT2D eigenvalue weighted by molar-refractivity contribution is 7.99. The average Bonchev–Trinajstić information content (AvgIpc) is 2.21. The molecule has 0 atom stereocenters. The van der Waals surface area contributed by atoms with Crippen molar-refractivity contribution in [3.8, 4) is 0 Å². The van der Waals surface area contributed by atoms with E-state index in [0.717, 1.165) is 10.6 Å². The minimum absolute atomic E-state index is 0.0621. The molecule has 0 bridgehead atoms. The quantitative estimate of drug-likeness (QED) is 0.783. The van der Waals surface area contributed by atoms with Crippen LogP contribution in [0.5, 0.6) is 0 Å². The van der Waals surface area contributed by atoms with E-state index >= 15 is 0 Å². The number of nitrogens with one attached hydrogen (secondary N) is 1. The lowest BCUT2D eigenvalue weighted by Crippen LogP contribution is -2.22. The molecule has 0 radical (unpaired) electrons. The van der Waals surface area contributed by atoms with E-state index in [1.165, 1.54) is 12.1 Å². The Morgan fingerprint density at radius 2 is 2.07 bits per heavy atom. The summed E-state index contributed by atoms with van der Waals surface area (Å²) in [4.78, 5) is 12.1. The SMILES string of the molecule is CCNC(=O)CCSc1ccc(F)cc1. The molecule has 1 rings (SSSR count). The minimum atomic E-state index is -0.233. The van der Waals surface area contributed by atoms with E-state index in [1.807, 2.05) is 6.92 Å². The zero-order chi connectivity index (χ0) is 11.1. The first-order valence-corrected chi connectivity index (χ1v) is 5.86. The Balaban J connectivity index is 2.26. The van der Waals surface area contributed by atoms with Gasteiger partial charge in [0.1, 0.15) is 5.82 Å². The molecule has 0 aromatic heterocycles. The summed E-state index contributed by atoms with van der Waals surface area (Å²) in [5.74, 6) is 0.549. The molecule has 0 fully saturated rings. The lowest BCUT2D eigenvalue weighted by Gasteiger charge is -2.02. The average molecular weight is 227 g/mol. The van der Waals surface area contributed by atoms with E-state index in [1.54, 1.807) is 23.9 Å². The summed E-state index contributed by atoms with van der Waals surface area (Å²) in [7, 11) is 0. The highest BCUT2D eigenvalue weighted by atomic mass is 32.2. The lowest BCUT2D eigenvalue weighted by molar-refractivity contribution is -0.120. The summed E-state index contributed by atoms with van der Waals surface area (Å²) in [6, 6.07) is 6.29. The fraction of sp³-hybridized carbons (Fsp3) is 0.364. The number of halogens is 1. The third-order valence-corrected chi connectivity index (χ3v) is 2.80. The van der Waals surface area contributed by atoms with Gasteiger partial charge in [-0.3, -0.25) is 4.79 Å². The summed E-state index contributed by atoms with van der Waals surface area (Å²) >= 11 is 1.56. The first-order chi connectivity index (χ1) is 7.22. The monoisotopic (exact) mass is 227 g/mol. The molecular formula is C11H14FNOS. The van der Waals surface area contributed by atoms with Gasteiger partial charge in [0.05, 0.1) is 0 Å². The molecule has 0 saturated carbocycles. The number of benzene rings is 1. The maximum atomic E-state index is 12.6. The highest BCUT2D eigenvalue weighted by Gasteiger charge is 2.00. The van der Waals surface area contributed by atoms with Gasteiger partial charge in [0.25, 0.3) is 0 Å². The van der Waals surface area contributed by atoms with Crippen molar-refractivity contribution in [3.05, 3.63) is 30.1 Å². The number of carbonyl (C=O) groups is 1. The molecule has 82 valence electrons. The van der Waals surface area contributed by atoms with E-state index in [2.05, 4.69) is 5.32 Å². The lowest BCUT2D eigenvalue weighted by atomic mass is 10.4. The van der Waals surface area contributed by atoms with Gasteiger partial charge in [0, 0.05) is 23.6 Å². The van der Waals surface area contributed by atoms with Gasteiger partial charge in [0.2, 0.25) is 5.91 Å². The first-order valence-electron chi connectivity index (χ1n) is 4.87. The van der Waals surface area contributed by atoms with Crippen LogP contribution in [0.2, 0.25) is 0 Å². The van der Waals surface area contributed by atoms with Gasteiger partial charge >= 0.3 is 0 Å². The molecule has 1 amide bonds. The van der Waals surface area contributed by atoms with Crippen LogP contribution in [0.15, 0.2) is 29.2 Å². The van der Waals surface area contributed by atoms with Crippen molar-refractivity contribution in [2.75, 3.05) is 12.3 Å². The Labute approximate surface area is 93.3 Å². The molecule has 0 aliphatic rings. The molecule has 0 aliphatic carbocycles. The molecular weight excluding hydrogens is 213 g/mol. The van der Waals surface area contributed by atoms with E-state index in [-0.39, 0.29) is 11.7 Å². The Bertz CT molecular complexity index is 313. The Morgan fingerprint density at radius 1 is 1.40 bits per heavy atom. The van der Waals surface area contributed by atoms with Gasteiger partial charge in [-0.15, -0.1) is 11.8 Å². The highest BCUT2D eigenvalue weighted by Crippen LogP contribution is 2.18.